The molecule has 0 saturated carbocycles. The SMILES string of the molecule is CCCS(=O)(=O)N1CCN=C1SCC. The zero-order chi connectivity index (χ0) is 10.6. The number of hydrogen-bond acceptors (Lipinski definition) is 4. The maximum Gasteiger partial charge on any atom is 0.236 e. The Morgan fingerprint density at radius 2 is 2.21 bits per heavy atom. The molecule has 82 valence electrons. The molecule has 0 fully saturated rings. The van der Waals surface area contributed by atoms with Crippen molar-refractivity contribution >= 4 is 27.0 Å². The summed E-state index contributed by atoms with van der Waals surface area (Å²) in [4.78, 5) is 4.18. The van der Waals surface area contributed by atoms with Gasteiger partial charge in [-0.2, -0.15) is 0 Å². The van der Waals surface area contributed by atoms with Crippen molar-refractivity contribution in [3.8, 4) is 0 Å². The molecule has 0 aromatic heterocycles. The highest BCUT2D eigenvalue weighted by Gasteiger charge is 2.27. The minimum Gasteiger partial charge on any atom is -0.260 e. The first-order chi connectivity index (χ1) is 6.61. The number of amidine groups is 1. The van der Waals surface area contributed by atoms with Gasteiger partial charge in [0.25, 0.3) is 0 Å². The van der Waals surface area contributed by atoms with Gasteiger partial charge in [-0.1, -0.05) is 25.6 Å². The first-order valence-corrected chi connectivity index (χ1v) is 7.39. The molecule has 0 amide bonds. The standard InChI is InChI=1S/C8H16N2O2S2/c1-3-7-14(11,12)10-6-5-9-8(10)13-4-2/h3-7H2,1-2H3. The Labute approximate surface area is 89.8 Å². The van der Waals surface area contributed by atoms with Crippen LogP contribution < -0.4 is 0 Å². The molecule has 1 aliphatic rings. The molecule has 0 spiro atoms. The highest BCUT2D eigenvalue weighted by atomic mass is 32.2. The second kappa shape index (κ2) is 5.02. The van der Waals surface area contributed by atoms with E-state index in [1.54, 1.807) is 0 Å². The summed E-state index contributed by atoms with van der Waals surface area (Å²) in [5.74, 6) is 1.08. The molecule has 0 aliphatic carbocycles. The van der Waals surface area contributed by atoms with Gasteiger partial charge < -0.3 is 0 Å². The van der Waals surface area contributed by atoms with E-state index in [9.17, 15) is 8.42 Å². The zero-order valence-corrected chi connectivity index (χ0v) is 10.2. The Balaban J connectivity index is 2.73. The van der Waals surface area contributed by atoms with Crippen molar-refractivity contribution in [1.82, 2.24) is 4.31 Å². The van der Waals surface area contributed by atoms with Gasteiger partial charge in [0.2, 0.25) is 10.0 Å². The van der Waals surface area contributed by atoms with Gasteiger partial charge in [-0.3, -0.25) is 4.99 Å². The zero-order valence-electron chi connectivity index (χ0n) is 8.56. The number of rotatable bonds is 4. The van der Waals surface area contributed by atoms with E-state index in [-0.39, 0.29) is 5.75 Å². The largest absolute Gasteiger partial charge is 0.260 e. The van der Waals surface area contributed by atoms with Crippen LogP contribution in [0.25, 0.3) is 0 Å². The molecular weight excluding hydrogens is 220 g/mol. The summed E-state index contributed by atoms with van der Waals surface area (Å²) in [6, 6.07) is 0. The van der Waals surface area contributed by atoms with Crippen molar-refractivity contribution in [3.63, 3.8) is 0 Å². The number of thioether (sulfide) groups is 1. The molecule has 0 aromatic rings. The molecule has 1 rings (SSSR count). The first kappa shape index (κ1) is 11.8. The fourth-order valence-electron chi connectivity index (χ4n) is 1.28. The molecule has 0 unspecified atom stereocenters. The van der Waals surface area contributed by atoms with Crippen molar-refractivity contribution in [3.05, 3.63) is 0 Å². The third kappa shape index (κ3) is 2.63. The van der Waals surface area contributed by atoms with E-state index < -0.39 is 10.0 Å². The minimum absolute atomic E-state index is 0.219. The van der Waals surface area contributed by atoms with Gasteiger partial charge in [0.1, 0.15) is 0 Å². The second-order valence-electron chi connectivity index (χ2n) is 2.99. The summed E-state index contributed by atoms with van der Waals surface area (Å²) >= 11 is 1.50. The number of aliphatic imine (C=N–C) groups is 1. The number of sulfonamides is 1. The normalized spacial score (nSPS) is 17.3. The minimum atomic E-state index is -3.10. The third-order valence-corrected chi connectivity index (χ3v) is 4.80. The maximum absolute atomic E-state index is 11.7. The van der Waals surface area contributed by atoms with Crippen LogP contribution in [0.4, 0.5) is 0 Å². The third-order valence-electron chi connectivity index (χ3n) is 1.83. The first-order valence-electron chi connectivity index (χ1n) is 4.79. The van der Waals surface area contributed by atoms with Crippen molar-refractivity contribution < 1.29 is 8.42 Å². The topological polar surface area (TPSA) is 49.7 Å². The van der Waals surface area contributed by atoms with Crippen LogP contribution in [-0.4, -0.2) is 42.5 Å². The Bertz CT molecular complexity index is 311. The molecule has 14 heavy (non-hydrogen) atoms. The molecule has 6 heteroatoms. The van der Waals surface area contributed by atoms with Crippen molar-refractivity contribution in [2.75, 3.05) is 24.6 Å². The van der Waals surface area contributed by atoms with E-state index in [1.165, 1.54) is 16.1 Å². The van der Waals surface area contributed by atoms with Gasteiger partial charge in [0, 0.05) is 0 Å². The Morgan fingerprint density at radius 1 is 1.50 bits per heavy atom. The van der Waals surface area contributed by atoms with Gasteiger partial charge in [-0.05, 0) is 12.2 Å². The van der Waals surface area contributed by atoms with Crippen molar-refractivity contribution in [2.45, 2.75) is 20.3 Å². The predicted molar refractivity (Wildman–Crippen MR) is 61.2 cm³/mol. The molecular formula is C8H16N2O2S2. The van der Waals surface area contributed by atoms with E-state index in [2.05, 4.69) is 4.99 Å². The average molecular weight is 236 g/mol. The lowest BCUT2D eigenvalue weighted by molar-refractivity contribution is 0.539. The van der Waals surface area contributed by atoms with Crippen LogP contribution in [0.5, 0.6) is 0 Å². The summed E-state index contributed by atoms with van der Waals surface area (Å²) in [6.07, 6.45) is 0.656. The molecule has 0 aromatic carbocycles. The number of hydrogen-bond donors (Lipinski definition) is 0. The summed E-state index contributed by atoms with van der Waals surface area (Å²) < 4.78 is 24.9. The van der Waals surface area contributed by atoms with Gasteiger partial charge in [-0.15, -0.1) is 0 Å². The maximum atomic E-state index is 11.7. The van der Waals surface area contributed by atoms with E-state index in [0.717, 1.165) is 5.75 Å². The van der Waals surface area contributed by atoms with E-state index in [0.29, 0.717) is 24.7 Å². The van der Waals surface area contributed by atoms with Crippen LogP contribution in [0.15, 0.2) is 4.99 Å². The van der Waals surface area contributed by atoms with Crippen LogP contribution >= 0.6 is 11.8 Å². The van der Waals surface area contributed by atoms with E-state index >= 15 is 0 Å². The summed E-state index contributed by atoms with van der Waals surface area (Å²) in [5.41, 5.74) is 0. The Hall–Kier alpha value is -0.230. The van der Waals surface area contributed by atoms with Crippen LogP contribution in [-0.2, 0) is 10.0 Å². The monoisotopic (exact) mass is 236 g/mol. The summed E-state index contributed by atoms with van der Waals surface area (Å²) in [5, 5.41) is 0.668. The molecule has 1 aliphatic heterocycles. The Morgan fingerprint density at radius 3 is 2.79 bits per heavy atom. The fraction of sp³-hybridized carbons (Fsp3) is 0.875. The predicted octanol–water partition coefficient (Wildman–Crippen LogP) is 1.15. The highest BCUT2D eigenvalue weighted by Crippen LogP contribution is 2.18. The smallest absolute Gasteiger partial charge is 0.236 e. The van der Waals surface area contributed by atoms with Gasteiger partial charge >= 0.3 is 0 Å². The van der Waals surface area contributed by atoms with Crippen molar-refractivity contribution in [2.24, 2.45) is 4.99 Å². The molecule has 0 N–H and O–H groups in total. The van der Waals surface area contributed by atoms with E-state index in [4.69, 9.17) is 0 Å². The second-order valence-corrected chi connectivity index (χ2v) is 6.23. The van der Waals surface area contributed by atoms with Crippen LogP contribution in [0.3, 0.4) is 0 Å². The average Bonchev–Trinajstić information content (AvgIpc) is 2.53. The quantitative estimate of drug-likeness (QED) is 0.736. The van der Waals surface area contributed by atoms with Gasteiger partial charge in [0.05, 0.1) is 18.8 Å². The van der Waals surface area contributed by atoms with Crippen molar-refractivity contribution in [1.29, 1.82) is 0 Å². The lowest BCUT2D eigenvalue weighted by atomic mass is 10.6. The lowest BCUT2D eigenvalue weighted by Gasteiger charge is -2.18. The van der Waals surface area contributed by atoms with Crippen LogP contribution in [0, 0.1) is 0 Å². The highest BCUT2D eigenvalue weighted by molar-refractivity contribution is 8.14. The van der Waals surface area contributed by atoms with Gasteiger partial charge in [-0.25, -0.2) is 12.7 Å². The molecule has 0 saturated heterocycles. The summed E-state index contributed by atoms with van der Waals surface area (Å²) in [6.45, 7) is 4.99. The van der Waals surface area contributed by atoms with E-state index in [1.807, 2.05) is 13.8 Å². The molecule has 0 radical (unpaired) electrons. The molecule has 0 atom stereocenters. The molecule has 4 nitrogen and oxygen atoms in total. The number of nitrogens with zero attached hydrogens (tertiary/aromatic N) is 2. The Kier molecular flexibility index (Phi) is 4.25. The molecule has 1 heterocycles. The van der Waals surface area contributed by atoms with Crippen LogP contribution in [0.1, 0.15) is 20.3 Å². The van der Waals surface area contributed by atoms with Crippen LogP contribution in [0.2, 0.25) is 0 Å². The lowest BCUT2D eigenvalue weighted by Crippen LogP contribution is -2.34. The molecule has 0 bridgehead atoms. The fourth-order valence-corrected chi connectivity index (χ4v) is 3.85. The van der Waals surface area contributed by atoms with Gasteiger partial charge in [0.15, 0.2) is 5.17 Å². The summed E-state index contributed by atoms with van der Waals surface area (Å²) in [7, 11) is -3.10.